The molecule has 0 unspecified atom stereocenters. The third-order valence-corrected chi connectivity index (χ3v) is 6.95. The van der Waals surface area contributed by atoms with Gasteiger partial charge in [-0.05, 0) is 23.1 Å². The average Bonchev–Trinajstić information content (AvgIpc) is 3.25. The third-order valence-electron chi connectivity index (χ3n) is 5.72. The molecule has 2 aromatic rings. The molecule has 5 nitrogen and oxygen atoms in total. The van der Waals surface area contributed by atoms with Crippen LogP contribution in [0.4, 0.5) is 0 Å². The number of carbonyl (C=O) groups is 1. The summed E-state index contributed by atoms with van der Waals surface area (Å²) in [6.07, 6.45) is 4.71. The topological polar surface area (TPSA) is 57.7 Å². The summed E-state index contributed by atoms with van der Waals surface area (Å²) in [5.41, 5.74) is 1.98. The summed E-state index contributed by atoms with van der Waals surface area (Å²) in [6, 6.07) is 19.3. The van der Waals surface area contributed by atoms with Crippen LogP contribution >= 0.6 is 0 Å². The molecule has 146 valence electrons. The highest BCUT2D eigenvalue weighted by Gasteiger charge is 2.50. The lowest BCUT2D eigenvalue weighted by Crippen LogP contribution is -2.36. The van der Waals surface area contributed by atoms with Gasteiger partial charge in [0.2, 0.25) is 15.9 Å². The fourth-order valence-corrected chi connectivity index (χ4v) is 5.58. The van der Waals surface area contributed by atoms with Crippen LogP contribution in [0, 0.1) is 11.8 Å². The molecule has 0 saturated carbocycles. The molecule has 28 heavy (non-hydrogen) atoms. The van der Waals surface area contributed by atoms with Crippen molar-refractivity contribution in [3.63, 3.8) is 0 Å². The molecule has 0 bridgehead atoms. The number of likely N-dealkylation sites (tertiary alicyclic amines) is 1. The van der Waals surface area contributed by atoms with Crippen LogP contribution < -0.4 is 0 Å². The number of benzene rings is 2. The lowest BCUT2D eigenvalue weighted by atomic mass is 9.90. The van der Waals surface area contributed by atoms with Crippen LogP contribution in [0.1, 0.15) is 17.2 Å². The molecule has 0 N–H and O–H groups in total. The van der Waals surface area contributed by atoms with Crippen LogP contribution in [0.25, 0.3) is 6.08 Å². The van der Waals surface area contributed by atoms with Crippen LogP contribution in [0.5, 0.6) is 0 Å². The zero-order valence-electron chi connectivity index (χ0n) is 15.8. The zero-order chi connectivity index (χ0) is 19.7. The van der Waals surface area contributed by atoms with E-state index in [1.165, 1.54) is 6.26 Å². The second-order valence-corrected chi connectivity index (χ2v) is 9.53. The predicted octanol–water partition coefficient (Wildman–Crippen LogP) is 2.79. The Morgan fingerprint density at radius 2 is 1.61 bits per heavy atom. The summed E-state index contributed by atoms with van der Waals surface area (Å²) in [6.45, 7) is 1.64. The van der Waals surface area contributed by atoms with Crippen molar-refractivity contribution < 1.29 is 13.2 Å². The Morgan fingerprint density at radius 1 is 0.964 bits per heavy atom. The largest absolute Gasteiger partial charge is 0.338 e. The number of fused-ring (bicyclic) bond motifs is 1. The Kier molecular flexibility index (Phi) is 5.08. The van der Waals surface area contributed by atoms with Crippen molar-refractivity contribution in [2.45, 2.75) is 6.04 Å². The molecule has 0 spiro atoms. The van der Waals surface area contributed by atoms with Crippen LogP contribution in [0.15, 0.2) is 66.7 Å². The predicted molar refractivity (Wildman–Crippen MR) is 110 cm³/mol. The molecule has 4 rings (SSSR count). The minimum Gasteiger partial charge on any atom is -0.338 e. The Bertz CT molecular complexity index is 973. The van der Waals surface area contributed by atoms with Crippen molar-refractivity contribution in [1.29, 1.82) is 0 Å². The molecule has 2 aliphatic rings. The highest BCUT2D eigenvalue weighted by atomic mass is 32.2. The maximum Gasteiger partial charge on any atom is 0.246 e. The second-order valence-electron chi connectivity index (χ2n) is 7.60. The van der Waals surface area contributed by atoms with E-state index in [0.29, 0.717) is 19.6 Å². The van der Waals surface area contributed by atoms with Gasteiger partial charge in [-0.15, -0.1) is 0 Å². The average molecular weight is 397 g/mol. The van der Waals surface area contributed by atoms with Gasteiger partial charge in [0.1, 0.15) is 0 Å². The summed E-state index contributed by atoms with van der Waals surface area (Å²) in [4.78, 5) is 14.5. The van der Waals surface area contributed by atoms with Crippen LogP contribution in [0.3, 0.4) is 0 Å². The summed E-state index contributed by atoms with van der Waals surface area (Å²) in [5, 5.41) is 0. The van der Waals surface area contributed by atoms with Gasteiger partial charge in [0.05, 0.1) is 12.3 Å². The molecular formula is C22H24N2O3S. The molecule has 2 aromatic carbocycles. The fourth-order valence-electron chi connectivity index (χ4n) is 4.43. The Labute approximate surface area is 166 Å². The van der Waals surface area contributed by atoms with E-state index in [0.717, 1.165) is 11.1 Å². The van der Waals surface area contributed by atoms with Crippen LogP contribution in [0.2, 0.25) is 0 Å². The molecule has 2 heterocycles. The minimum absolute atomic E-state index is 0.0176. The van der Waals surface area contributed by atoms with E-state index in [1.807, 2.05) is 71.6 Å². The number of carbonyl (C=O) groups excluding carboxylic acids is 1. The summed E-state index contributed by atoms with van der Waals surface area (Å²) >= 11 is 0. The van der Waals surface area contributed by atoms with Crippen molar-refractivity contribution in [1.82, 2.24) is 9.21 Å². The molecule has 0 aliphatic carbocycles. The molecule has 1 amide bonds. The molecule has 3 atom stereocenters. The summed E-state index contributed by atoms with van der Waals surface area (Å²) < 4.78 is 26.3. The lowest BCUT2D eigenvalue weighted by Gasteiger charge is -2.28. The van der Waals surface area contributed by atoms with Gasteiger partial charge in [-0.2, -0.15) is 4.31 Å². The fraction of sp³-hybridized carbons (Fsp3) is 0.318. The maximum absolute atomic E-state index is 12.7. The maximum atomic E-state index is 12.7. The first-order chi connectivity index (χ1) is 13.4. The van der Waals surface area contributed by atoms with Gasteiger partial charge < -0.3 is 4.90 Å². The van der Waals surface area contributed by atoms with Crippen LogP contribution in [-0.2, 0) is 14.8 Å². The van der Waals surface area contributed by atoms with E-state index in [2.05, 4.69) is 0 Å². The van der Waals surface area contributed by atoms with Gasteiger partial charge in [0.15, 0.2) is 0 Å². The molecule has 6 heteroatoms. The Morgan fingerprint density at radius 3 is 2.25 bits per heavy atom. The molecule has 2 aliphatic heterocycles. The normalized spacial score (nSPS) is 25.3. The lowest BCUT2D eigenvalue weighted by molar-refractivity contribution is -0.125. The molecular weight excluding hydrogens is 372 g/mol. The van der Waals surface area contributed by atoms with E-state index < -0.39 is 10.0 Å². The van der Waals surface area contributed by atoms with E-state index in [4.69, 9.17) is 0 Å². The first-order valence-corrected chi connectivity index (χ1v) is 11.3. The highest BCUT2D eigenvalue weighted by molar-refractivity contribution is 7.88. The first-order valence-electron chi connectivity index (χ1n) is 9.47. The highest BCUT2D eigenvalue weighted by Crippen LogP contribution is 2.46. The summed E-state index contributed by atoms with van der Waals surface area (Å²) in [5.74, 6) is 0.260. The zero-order valence-corrected chi connectivity index (χ0v) is 16.6. The van der Waals surface area contributed by atoms with Crippen molar-refractivity contribution in [2.24, 2.45) is 11.8 Å². The van der Waals surface area contributed by atoms with Gasteiger partial charge in [0, 0.05) is 31.6 Å². The van der Waals surface area contributed by atoms with Gasteiger partial charge in [-0.25, -0.2) is 8.42 Å². The Hall–Kier alpha value is -2.44. The second kappa shape index (κ2) is 7.53. The third kappa shape index (κ3) is 3.75. The van der Waals surface area contributed by atoms with Crippen LogP contribution in [-0.4, -0.2) is 49.4 Å². The number of nitrogens with zero attached hydrogens (tertiary/aromatic N) is 2. The number of rotatable bonds is 4. The van der Waals surface area contributed by atoms with Crippen molar-refractivity contribution >= 4 is 22.0 Å². The van der Waals surface area contributed by atoms with E-state index in [9.17, 15) is 13.2 Å². The molecule has 2 saturated heterocycles. The minimum atomic E-state index is -3.31. The smallest absolute Gasteiger partial charge is 0.246 e. The van der Waals surface area contributed by atoms with E-state index in [1.54, 1.807) is 10.4 Å². The quantitative estimate of drug-likeness (QED) is 0.747. The van der Waals surface area contributed by atoms with Crippen molar-refractivity contribution in [2.75, 3.05) is 25.9 Å². The molecule has 0 aromatic heterocycles. The Balaban J connectivity index is 1.53. The standard InChI is InChI=1S/C22H24N2O3S/c1-28(26,27)24-15-19-14-23(21(25)13-12-17-8-4-2-5-9-17)16-20(19)22(24)18-10-6-3-7-11-18/h2-13,19-20,22H,14-16H2,1H3/t19-,20-,22+/m1/s1. The van der Waals surface area contributed by atoms with Crippen molar-refractivity contribution in [3.8, 4) is 0 Å². The summed E-state index contributed by atoms with van der Waals surface area (Å²) in [7, 11) is -3.31. The van der Waals surface area contributed by atoms with E-state index in [-0.39, 0.29) is 23.8 Å². The SMILES string of the molecule is CS(=O)(=O)N1C[C@H]2CN(C(=O)C=Cc3ccccc3)C[C@H]2[C@@H]1c1ccccc1. The monoisotopic (exact) mass is 396 g/mol. The van der Waals surface area contributed by atoms with Gasteiger partial charge in [0.25, 0.3) is 0 Å². The first kappa shape index (κ1) is 18.9. The van der Waals surface area contributed by atoms with Gasteiger partial charge >= 0.3 is 0 Å². The van der Waals surface area contributed by atoms with Gasteiger partial charge in [-0.3, -0.25) is 4.79 Å². The number of hydrogen-bond donors (Lipinski definition) is 0. The van der Waals surface area contributed by atoms with E-state index >= 15 is 0 Å². The number of hydrogen-bond acceptors (Lipinski definition) is 3. The van der Waals surface area contributed by atoms with Gasteiger partial charge in [-0.1, -0.05) is 60.7 Å². The number of amides is 1. The number of sulfonamides is 1. The molecule has 0 radical (unpaired) electrons. The van der Waals surface area contributed by atoms with Crippen molar-refractivity contribution in [3.05, 3.63) is 77.9 Å². The molecule has 2 fully saturated rings.